The van der Waals surface area contributed by atoms with Gasteiger partial charge >= 0.3 is 0 Å². The molecular weight excluding hydrogens is 326 g/mol. The second-order valence-corrected chi connectivity index (χ2v) is 5.17. The highest BCUT2D eigenvalue weighted by Gasteiger charge is 2.50. The topological polar surface area (TPSA) is 70.7 Å². The summed E-state index contributed by atoms with van der Waals surface area (Å²) in [7, 11) is 0. The first-order valence-corrected chi connectivity index (χ1v) is 6.18. The molecule has 0 aromatic carbocycles. The molecule has 1 aromatic rings. The summed E-state index contributed by atoms with van der Waals surface area (Å²) in [5.41, 5.74) is -2.29. The molecule has 19 heavy (non-hydrogen) atoms. The predicted octanol–water partition coefficient (Wildman–Crippen LogP) is 1.21. The number of halogens is 3. The number of hydrazone groups is 1. The third-order valence-electron chi connectivity index (χ3n) is 2.64. The second kappa shape index (κ2) is 4.97. The van der Waals surface area contributed by atoms with E-state index in [0.29, 0.717) is 9.48 Å². The van der Waals surface area contributed by atoms with Gasteiger partial charge in [0.15, 0.2) is 0 Å². The number of carbonyl (C=O) groups excluding carboxylic acids is 1. The Hall–Kier alpha value is -1.35. The predicted molar refractivity (Wildman–Crippen MR) is 65.5 cm³/mol. The Morgan fingerprint density at radius 3 is 2.89 bits per heavy atom. The number of aromatic nitrogens is 2. The highest BCUT2D eigenvalue weighted by Crippen LogP contribution is 2.31. The summed E-state index contributed by atoms with van der Waals surface area (Å²) in [6, 6.07) is 0. The lowest BCUT2D eigenvalue weighted by Gasteiger charge is -2.29. The molecule has 0 aliphatic carbocycles. The van der Waals surface area contributed by atoms with Gasteiger partial charge in [0.2, 0.25) is 5.72 Å². The van der Waals surface area contributed by atoms with E-state index >= 15 is 0 Å². The lowest BCUT2D eigenvalue weighted by Crippen LogP contribution is -2.52. The maximum atomic E-state index is 12.9. The van der Waals surface area contributed by atoms with Gasteiger partial charge < -0.3 is 5.11 Å². The van der Waals surface area contributed by atoms with Crippen molar-refractivity contribution in [1.29, 1.82) is 0 Å². The summed E-state index contributed by atoms with van der Waals surface area (Å²) in [4.78, 5) is 11.9. The molecule has 2 rings (SSSR count). The fourth-order valence-corrected chi connectivity index (χ4v) is 2.14. The minimum atomic E-state index is -3.10. The molecule has 0 radical (unpaired) electrons. The van der Waals surface area contributed by atoms with Gasteiger partial charge in [-0.05, 0) is 22.9 Å². The fraction of sp³-hybridized carbons (Fsp3) is 0.500. The highest BCUT2D eigenvalue weighted by molar-refractivity contribution is 9.10. The number of amides is 1. The molecule has 1 unspecified atom stereocenters. The van der Waals surface area contributed by atoms with E-state index in [-0.39, 0.29) is 18.7 Å². The number of hydrogen-bond donors (Lipinski definition) is 1. The summed E-state index contributed by atoms with van der Waals surface area (Å²) in [5, 5.41) is 17.8. The molecular formula is C10H11BrF2N4O2. The molecule has 6 nitrogen and oxygen atoms in total. The van der Waals surface area contributed by atoms with E-state index in [9.17, 15) is 18.7 Å². The molecule has 1 aliphatic heterocycles. The molecule has 0 spiro atoms. The first-order valence-electron chi connectivity index (χ1n) is 5.38. The summed E-state index contributed by atoms with van der Waals surface area (Å²) in [6.07, 6.45) is -0.474. The van der Waals surface area contributed by atoms with Gasteiger partial charge in [0, 0.05) is 18.3 Å². The smallest absolute Gasteiger partial charge is 0.287 e. The van der Waals surface area contributed by atoms with Crippen LogP contribution in [0.1, 0.15) is 13.3 Å². The van der Waals surface area contributed by atoms with Gasteiger partial charge in [0.1, 0.15) is 6.54 Å². The maximum Gasteiger partial charge on any atom is 0.287 e. The zero-order chi connectivity index (χ0) is 14.2. The van der Waals surface area contributed by atoms with Gasteiger partial charge in [-0.15, -0.1) is 0 Å². The Balaban J connectivity index is 2.17. The number of nitrogens with zero attached hydrogens (tertiary/aromatic N) is 4. The Morgan fingerprint density at radius 2 is 2.37 bits per heavy atom. The Bertz CT molecular complexity index is 533. The van der Waals surface area contributed by atoms with Gasteiger partial charge in [-0.1, -0.05) is 0 Å². The quantitative estimate of drug-likeness (QED) is 0.901. The molecule has 2 heterocycles. The third-order valence-corrected chi connectivity index (χ3v) is 3.05. The van der Waals surface area contributed by atoms with Crippen molar-refractivity contribution in [3.05, 3.63) is 16.9 Å². The summed E-state index contributed by atoms with van der Waals surface area (Å²) in [6.45, 7) is 1.20. The zero-order valence-electron chi connectivity index (χ0n) is 9.92. The van der Waals surface area contributed by atoms with Crippen molar-refractivity contribution in [2.24, 2.45) is 5.10 Å². The standard InChI is InChI=1S/C10H11BrF2N4O2/c1-6-2-10(19,9(12)13)17(15-6)8(18)5-16-4-7(11)3-14-16/h3-4,9,19H,2,5H2,1H3. The minimum absolute atomic E-state index is 0.276. The first kappa shape index (κ1) is 14.1. The molecule has 1 aromatic heterocycles. The molecule has 0 bridgehead atoms. The number of rotatable bonds is 3. The lowest BCUT2D eigenvalue weighted by molar-refractivity contribution is -0.192. The number of hydrogen-bond acceptors (Lipinski definition) is 4. The first-order chi connectivity index (χ1) is 8.83. The zero-order valence-corrected chi connectivity index (χ0v) is 11.5. The van der Waals surface area contributed by atoms with Crippen LogP contribution in [0.15, 0.2) is 22.0 Å². The molecule has 1 amide bonds. The minimum Gasteiger partial charge on any atom is -0.364 e. The van der Waals surface area contributed by atoms with Crippen molar-refractivity contribution in [2.45, 2.75) is 32.0 Å². The van der Waals surface area contributed by atoms with Gasteiger partial charge in [-0.25, -0.2) is 8.78 Å². The number of alkyl halides is 2. The number of carbonyl (C=O) groups is 1. The SMILES string of the molecule is CC1=NN(C(=O)Cn2cc(Br)cn2)C(O)(C(F)F)C1. The van der Waals surface area contributed by atoms with Crippen molar-refractivity contribution >= 4 is 27.5 Å². The Morgan fingerprint density at radius 1 is 1.68 bits per heavy atom. The van der Waals surface area contributed by atoms with E-state index in [4.69, 9.17) is 0 Å². The van der Waals surface area contributed by atoms with Crippen LogP contribution in [0.25, 0.3) is 0 Å². The fourth-order valence-electron chi connectivity index (χ4n) is 1.82. The number of aliphatic hydroxyl groups is 1. The van der Waals surface area contributed by atoms with Crippen LogP contribution in [-0.4, -0.2) is 43.7 Å². The van der Waals surface area contributed by atoms with Gasteiger partial charge in [0.25, 0.3) is 12.3 Å². The average molecular weight is 337 g/mol. The van der Waals surface area contributed by atoms with E-state index < -0.39 is 18.1 Å². The van der Waals surface area contributed by atoms with Crippen LogP contribution >= 0.6 is 15.9 Å². The Kier molecular flexibility index (Phi) is 3.68. The van der Waals surface area contributed by atoms with Crippen LogP contribution < -0.4 is 0 Å². The van der Waals surface area contributed by atoms with Crippen molar-refractivity contribution in [2.75, 3.05) is 0 Å². The summed E-state index contributed by atoms with van der Waals surface area (Å²) in [5.74, 6) is -0.754. The molecule has 0 saturated heterocycles. The monoisotopic (exact) mass is 336 g/mol. The van der Waals surface area contributed by atoms with Crippen molar-refractivity contribution in [3.63, 3.8) is 0 Å². The van der Waals surface area contributed by atoms with Gasteiger partial charge in [-0.2, -0.15) is 15.2 Å². The van der Waals surface area contributed by atoms with Crippen LogP contribution in [-0.2, 0) is 11.3 Å². The summed E-state index contributed by atoms with van der Waals surface area (Å²) < 4.78 is 27.7. The van der Waals surface area contributed by atoms with Crippen LogP contribution in [0.3, 0.4) is 0 Å². The molecule has 1 aliphatic rings. The van der Waals surface area contributed by atoms with E-state index in [1.54, 1.807) is 0 Å². The normalized spacial score (nSPS) is 23.1. The third kappa shape index (κ3) is 2.66. The van der Waals surface area contributed by atoms with Crippen molar-refractivity contribution in [1.82, 2.24) is 14.8 Å². The molecule has 0 saturated carbocycles. The lowest BCUT2D eigenvalue weighted by atomic mass is 10.1. The van der Waals surface area contributed by atoms with E-state index in [1.165, 1.54) is 24.0 Å². The van der Waals surface area contributed by atoms with E-state index in [1.807, 2.05) is 0 Å². The van der Waals surface area contributed by atoms with E-state index in [2.05, 4.69) is 26.1 Å². The molecule has 1 N–H and O–H groups in total. The highest BCUT2D eigenvalue weighted by atomic mass is 79.9. The van der Waals surface area contributed by atoms with Crippen LogP contribution in [0.5, 0.6) is 0 Å². The van der Waals surface area contributed by atoms with Crippen LogP contribution in [0.4, 0.5) is 8.78 Å². The van der Waals surface area contributed by atoms with Crippen LogP contribution in [0.2, 0.25) is 0 Å². The molecule has 9 heteroatoms. The maximum absolute atomic E-state index is 12.9. The van der Waals surface area contributed by atoms with E-state index in [0.717, 1.165) is 0 Å². The molecule has 1 atom stereocenters. The van der Waals surface area contributed by atoms with Crippen LogP contribution in [0, 0.1) is 0 Å². The van der Waals surface area contributed by atoms with Gasteiger partial charge in [-0.3, -0.25) is 9.48 Å². The summed E-state index contributed by atoms with van der Waals surface area (Å²) >= 11 is 3.16. The largest absolute Gasteiger partial charge is 0.364 e. The Labute approximate surface area is 115 Å². The average Bonchev–Trinajstić information content (AvgIpc) is 2.83. The van der Waals surface area contributed by atoms with Gasteiger partial charge in [0.05, 0.1) is 10.7 Å². The van der Waals surface area contributed by atoms with Crippen molar-refractivity contribution in [3.8, 4) is 0 Å². The molecule has 104 valence electrons. The van der Waals surface area contributed by atoms with Crippen molar-refractivity contribution < 1.29 is 18.7 Å². The second-order valence-electron chi connectivity index (χ2n) is 4.25. The molecule has 0 fully saturated rings.